The summed E-state index contributed by atoms with van der Waals surface area (Å²) in [5, 5.41) is 0. The van der Waals surface area contributed by atoms with Gasteiger partial charge in [0.05, 0.1) is 7.11 Å². The van der Waals surface area contributed by atoms with Crippen LogP contribution in [0, 0.1) is 0 Å². The van der Waals surface area contributed by atoms with Gasteiger partial charge in [-0.2, -0.15) is 0 Å². The summed E-state index contributed by atoms with van der Waals surface area (Å²) in [4.78, 5) is 4.83. The molecule has 1 heterocycles. The lowest BCUT2D eigenvalue weighted by molar-refractivity contribution is 0.414. The van der Waals surface area contributed by atoms with Gasteiger partial charge in [0.25, 0.3) is 0 Å². The van der Waals surface area contributed by atoms with Gasteiger partial charge in [-0.1, -0.05) is 60.7 Å². The molecule has 3 heteroatoms. The summed E-state index contributed by atoms with van der Waals surface area (Å²) < 4.78 is 11.4. The first-order chi connectivity index (χ1) is 12.8. The first-order valence-electron chi connectivity index (χ1n) is 8.56. The van der Waals surface area contributed by atoms with Crippen LogP contribution in [0.5, 0.6) is 5.75 Å². The number of benzene rings is 3. The van der Waals surface area contributed by atoms with Gasteiger partial charge < -0.3 is 9.47 Å². The van der Waals surface area contributed by atoms with Crippen molar-refractivity contribution in [3.05, 3.63) is 108 Å². The Morgan fingerprint density at radius 2 is 1.42 bits per heavy atom. The molecule has 0 aromatic heterocycles. The molecule has 4 rings (SSSR count). The Balaban J connectivity index is 1.75. The van der Waals surface area contributed by atoms with Crippen LogP contribution in [0.3, 0.4) is 0 Å². The fourth-order valence-electron chi connectivity index (χ4n) is 2.92. The summed E-state index contributed by atoms with van der Waals surface area (Å²) >= 11 is 0. The number of hydrogen-bond donors (Lipinski definition) is 0. The second kappa shape index (κ2) is 7.28. The van der Waals surface area contributed by atoms with E-state index in [0.29, 0.717) is 5.90 Å². The number of hydrogen-bond acceptors (Lipinski definition) is 3. The number of nitrogens with zero attached hydrogens (tertiary/aromatic N) is 1. The van der Waals surface area contributed by atoms with Crippen LogP contribution < -0.4 is 4.74 Å². The van der Waals surface area contributed by atoms with Crippen LogP contribution >= 0.6 is 0 Å². The molecule has 0 saturated heterocycles. The van der Waals surface area contributed by atoms with Crippen LogP contribution in [0.25, 0.3) is 5.76 Å². The Labute approximate surface area is 153 Å². The van der Waals surface area contributed by atoms with Crippen LogP contribution in [0.15, 0.2) is 96.0 Å². The summed E-state index contributed by atoms with van der Waals surface area (Å²) in [5.41, 5.74) is 3.10. The number of rotatable bonds is 4. The van der Waals surface area contributed by atoms with E-state index in [2.05, 4.69) is 18.2 Å². The van der Waals surface area contributed by atoms with Crippen LogP contribution in [-0.2, 0) is 4.74 Å². The van der Waals surface area contributed by atoms with Crippen LogP contribution in [0.4, 0.5) is 0 Å². The van der Waals surface area contributed by atoms with E-state index in [1.165, 1.54) is 0 Å². The molecule has 3 aromatic rings. The normalized spacial score (nSPS) is 16.3. The predicted molar refractivity (Wildman–Crippen MR) is 104 cm³/mol. The molecule has 0 N–H and O–H groups in total. The standard InChI is InChI=1S/C23H19NO2/c1-25-20-14-12-19(13-15-20)23-24-21(17-8-4-2-5-9-17)16-22(26-23)18-10-6-3-7-11-18/h2-16,21H,1H3. The summed E-state index contributed by atoms with van der Waals surface area (Å²) in [5.74, 6) is 2.24. The van der Waals surface area contributed by atoms with E-state index < -0.39 is 0 Å². The van der Waals surface area contributed by atoms with Gasteiger partial charge in [0, 0.05) is 11.1 Å². The van der Waals surface area contributed by atoms with Gasteiger partial charge in [0.2, 0.25) is 5.90 Å². The third-order valence-electron chi connectivity index (χ3n) is 4.31. The Morgan fingerprint density at radius 3 is 2.08 bits per heavy atom. The number of aliphatic imine (C=N–C) groups is 1. The second-order valence-electron chi connectivity index (χ2n) is 6.02. The van der Waals surface area contributed by atoms with Gasteiger partial charge in [-0.05, 0) is 35.9 Å². The zero-order valence-electron chi connectivity index (χ0n) is 14.5. The van der Waals surface area contributed by atoms with E-state index in [1.807, 2.05) is 72.8 Å². The molecular weight excluding hydrogens is 322 g/mol. The van der Waals surface area contributed by atoms with Crippen molar-refractivity contribution in [3.63, 3.8) is 0 Å². The predicted octanol–water partition coefficient (Wildman–Crippen LogP) is 5.25. The molecular formula is C23H19NO2. The minimum absolute atomic E-state index is 0.0859. The average Bonchev–Trinajstić information content (AvgIpc) is 2.75. The summed E-state index contributed by atoms with van der Waals surface area (Å²) in [7, 11) is 1.66. The van der Waals surface area contributed by atoms with E-state index in [0.717, 1.165) is 28.2 Å². The molecule has 0 saturated carbocycles. The summed E-state index contributed by atoms with van der Waals surface area (Å²) in [6.07, 6.45) is 2.07. The van der Waals surface area contributed by atoms with Crippen molar-refractivity contribution in [1.29, 1.82) is 0 Å². The Bertz CT molecular complexity index is 929. The van der Waals surface area contributed by atoms with E-state index in [1.54, 1.807) is 7.11 Å². The highest BCUT2D eigenvalue weighted by Crippen LogP contribution is 2.31. The first-order valence-corrected chi connectivity index (χ1v) is 8.56. The Morgan fingerprint density at radius 1 is 0.769 bits per heavy atom. The van der Waals surface area contributed by atoms with Crippen LogP contribution in [-0.4, -0.2) is 13.0 Å². The molecule has 0 radical (unpaired) electrons. The maximum absolute atomic E-state index is 6.15. The minimum atomic E-state index is -0.0859. The third-order valence-corrected chi connectivity index (χ3v) is 4.31. The molecule has 3 aromatic carbocycles. The molecule has 0 spiro atoms. The average molecular weight is 341 g/mol. The zero-order valence-corrected chi connectivity index (χ0v) is 14.5. The molecule has 0 fully saturated rings. The zero-order chi connectivity index (χ0) is 17.8. The second-order valence-corrected chi connectivity index (χ2v) is 6.02. The number of methoxy groups -OCH3 is 1. The maximum atomic E-state index is 6.15. The quantitative estimate of drug-likeness (QED) is 0.648. The Kier molecular flexibility index (Phi) is 4.52. The lowest BCUT2D eigenvalue weighted by Gasteiger charge is -2.22. The van der Waals surface area contributed by atoms with Gasteiger partial charge in [0.1, 0.15) is 17.6 Å². The fourth-order valence-corrected chi connectivity index (χ4v) is 2.92. The van der Waals surface area contributed by atoms with Crippen LogP contribution in [0.1, 0.15) is 22.7 Å². The molecule has 26 heavy (non-hydrogen) atoms. The number of ether oxygens (including phenoxy) is 2. The largest absolute Gasteiger partial charge is 0.497 e. The molecule has 0 aliphatic carbocycles. The smallest absolute Gasteiger partial charge is 0.222 e. The van der Waals surface area contributed by atoms with Crippen molar-refractivity contribution in [2.24, 2.45) is 4.99 Å². The van der Waals surface area contributed by atoms with Crippen LogP contribution in [0.2, 0.25) is 0 Å². The lowest BCUT2D eigenvalue weighted by atomic mass is 10.0. The van der Waals surface area contributed by atoms with Gasteiger partial charge >= 0.3 is 0 Å². The van der Waals surface area contributed by atoms with Gasteiger partial charge in [-0.3, -0.25) is 0 Å². The Hall–Kier alpha value is -3.33. The van der Waals surface area contributed by atoms with Crippen molar-refractivity contribution in [2.75, 3.05) is 7.11 Å². The maximum Gasteiger partial charge on any atom is 0.222 e. The van der Waals surface area contributed by atoms with Crippen molar-refractivity contribution >= 4 is 11.7 Å². The molecule has 1 unspecified atom stereocenters. The van der Waals surface area contributed by atoms with Gasteiger partial charge in [-0.25, -0.2) is 4.99 Å². The van der Waals surface area contributed by atoms with Crippen molar-refractivity contribution in [3.8, 4) is 5.75 Å². The van der Waals surface area contributed by atoms with Gasteiger partial charge in [0.15, 0.2) is 0 Å². The van der Waals surface area contributed by atoms with Crippen molar-refractivity contribution < 1.29 is 9.47 Å². The highest BCUT2D eigenvalue weighted by atomic mass is 16.5. The molecule has 1 aliphatic rings. The molecule has 1 aliphatic heterocycles. The fraction of sp³-hybridized carbons (Fsp3) is 0.0870. The lowest BCUT2D eigenvalue weighted by Crippen LogP contribution is -2.14. The summed E-state index contributed by atoms with van der Waals surface area (Å²) in [6.45, 7) is 0. The summed E-state index contributed by atoms with van der Waals surface area (Å²) in [6, 6.07) is 28.0. The molecule has 0 bridgehead atoms. The van der Waals surface area contributed by atoms with E-state index in [4.69, 9.17) is 14.5 Å². The highest BCUT2D eigenvalue weighted by Gasteiger charge is 2.21. The highest BCUT2D eigenvalue weighted by molar-refractivity contribution is 5.98. The topological polar surface area (TPSA) is 30.8 Å². The van der Waals surface area contributed by atoms with E-state index in [9.17, 15) is 0 Å². The monoisotopic (exact) mass is 341 g/mol. The SMILES string of the molecule is COc1ccc(C2=NC(c3ccccc3)C=C(c3ccccc3)O2)cc1. The van der Waals surface area contributed by atoms with Crippen molar-refractivity contribution in [1.82, 2.24) is 0 Å². The minimum Gasteiger partial charge on any atom is -0.497 e. The third kappa shape index (κ3) is 3.38. The van der Waals surface area contributed by atoms with E-state index in [-0.39, 0.29) is 6.04 Å². The molecule has 1 atom stereocenters. The van der Waals surface area contributed by atoms with E-state index >= 15 is 0 Å². The molecule has 0 amide bonds. The molecule has 3 nitrogen and oxygen atoms in total. The van der Waals surface area contributed by atoms with Crippen molar-refractivity contribution in [2.45, 2.75) is 6.04 Å². The van der Waals surface area contributed by atoms with Gasteiger partial charge in [-0.15, -0.1) is 0 Å². The first kappa shape index (κ1) is 16.2. The molecule has 128 valence electrons.